The molecule has 1 saturated carbocycles. The predicted molar refractivity (Wildman–Crippen MR) is 102 cm³/mol. The molecule has 1 aliphatic rings. The van der Waals surface area contributed by atoms with E-state index in [0.717, 1.165) is 24.8 Å². The highest BCUT2D eigenvalue weighted by Gasteiger charge is 2.27. The molecule has 0 spiro atoms. The third-order valence-electron chi connectivity index (χ3n) is 4.16. The number of benzene rings is 1. The maximum Gasteiger partial charge on any atom is 0.224 e. The van der Waals surface area contributed by atoms with Gasteiger partial charge in [-0.05, 0) is 37.5 Å². The van der Waals surface area contributed by atoms with Crippen LogP contribution < -0.4 is 15.8 Å². The molecule has 1 aromatic carbocycles. The van der Waals surface area contributed by atoms with E-state index >= 15 is 0 Å². The van der Waals surface area contributed by atoms with Crippen molar-refractivity contribution in [3.8, 4) is 11.6 Å². The number of carbonyl (C=O) groups excluding carboxylic acids is 1. The Labute approximate surface area is 164 Å². The molecule has 3 rings (SSSR count). The molecule has 26 heavy (non-hydrogen) atoms. The second kappa shape index (κ2) is 10.3. The van der Waals surface area contributed by atoms with Crippen molar-refractivity contribution < 1.29 is 13.9 Å². The predicted octanol–water partition coefficient (Wildman–Crippen LogP) is 3.60. The first-order chi connectivity index (χ1) is 11.6. The lowest BCUT2D eigenvalue weighted by Gasteiger charge is -2.13. The molecular weight excluding hydrogens is 380 g/mol. The van der Waals surface area contributed by atoms with Gasteiger partial charge >= 0.3 is 0 Å². The summed E-state index contributed by atoms with van der Waals surface area (Å²) in [6, 6.07) is 9.56. The SMILES string of the molecule is Cl.Cl.NC1CCC(C(=O)NCc2cccnc2Oc2cccc(F)c2)C1. The summed E-state index contributed by atoms with van der Waals surface area (Å²) in [5.74, 6) is 0.318. The molecule has 1 aliphatic carbocycles. The molecule has 2 atom stereocenters. The molecule has 5 nitrogen and oxygen atoms in total. The van der Waals surface area contributed by atoms with E-state index in [-0.39, 0.29) is 48.5 Å². The van der Waals surface area contributed by atoms with Crippen molar-refractivity contribution in [1.82, 2.24) is 10.3 Å². The van der Waals surface area contributed by atoms with Crippen LogP contribution in [0.1, 0.15) is 24.8 Å². The summed E-state index contributed by atoms with van der Waals surface area (Å²) in [5, 5.41) is 2.91. The number of carbonyl (C=O) groups is 1. The second-order valence-electron chi connectivity index (χ2n) is 6.01. The van der Waals surface area contributed by atoms with Crippen molar-refractivity contribution in [2.45, 2.75) is 31.8 Å². The largest absolute Gasteiger partial charge is 0.439 e. The molecule has 2 unspecified atom stereocenters. The second-order valence-corrected chi connectivity index (χ2v) is 6.01. The molecular formula is C18H22Cl2FN3O2. The molecule has 142 valence electrons. The van der Waals surface area contributed by atoms with Crippen LogP contribution in [0.4, 0.5) is 4.39 Å². The van der Waals surface area contributed by atoms with E-state index in [1.807, 2.05) is 6.07 Å². The van der Waals surface area contributed by atoms with E-state index in [1.54, 1.807) is 24.4 Å². The summed E-state index contributed by atoms with van der Waals surface area (Å²) in [6.45, 7) is 0.309. The fraction of sp³-hybridized carbons (Fsp3) is 0.333. The number of nitrogens with zero attached hydrogens (tertiary/aromatic N) is 1. The lowest BCUT2D eigenvalue weighted by Crippen LogP contribution is -2.30. The van der Waals surface area contributed by atoms with Crippen LogP contribution in [0.5, 0.6) is 11.6 Å². The van der Waals surface area contributed by atoms with Gasteiger partial charge < -0.3 is 15.8 Å². The number of hydrogen-bond acceptors (Lipinski definition) is 4. The molecule has 2 aromatic rings. The van der Waals surface area contributed by atoms with Crippen LogP contribution in [0.3, 0.4) is 0 Å². The van der Waals surface area contributed by atoms with E-state index in [4.69, 9.17) is 10.5 Å². The van der Waals surface area contributed by atoms with Gasteiger partial charge in [0.2, 0.25) is 11.8 Å². The van der Waals surface area contributed by atoms with E-state index in [9.17, 15) is 9.18 Å². The smallest absolute Gasteiger partial charge is 0.224 e. The average Bonchev–Trinajstić information content (AvgIpc) is 3.00. The molecule has 1 amide bonds. The number of aromatic nitrogens is 1. The normalized spacial score (nSPS) is 18.4. The third kappa shape index (κ3) is 5.83. The van der Waals surface area contributed by atoms with E-state index in [1.165, 1.54) is 12.1 Å². The summed E-state index contributed by atoms with van der Waals surface area (Å²) < 4.78 is 18.9. The number of rotatable bonds is 5. The van der Waals surface area contributed by atoms with Gasteiger partial charge in [0.25, 0.3) is 0 Å². The summed E-state index contributed by atoms with van der Waals surface area (Å²) in [5.41, 5.74) is 6.59. The summed E-state index contributed by atoms with van der Waals surface area (Å²) in [6.07, 6.45) is 4.03. The van der Waals surface area contributed by atoms with Crippen molar-refractivity contribution in [1.29, 1.82) is 0 Å². The highest BCUT2D eigenvalue weighted by atomic mass is 35.5. The Kier molecular flexibility index (Phi) is 8.78. The first kappa shape index (κ1) is 22.2. The molecule has 8 heteroatoms. The molecule has 1 fully saturated rings. The standard InChI is InChI=1S/C18H20FN3O2.2ClH/c19-14-4-1-5-16(10-14)24-18-13(3-2-8-21-18)11-22-17(23)12-6-7-15(20)9-12;;/h1-5,8,10,12,15H,6-7,9,11,20H2,(H,22,23);2*1H. The minimum absolute atomic E-state index is 0. The van der Waals surface area contributed by atoms with Gasteiger partial charge in [0.1, 0.15) is 11.6 Å². The van der Waals surface area contributed by atoms with E-state index < -0.39 is 0 Å². The van der Waals surface area contributed by atoms with Gasteiger partial charge in [-0.3, -0.25) is 4.79 Å². The van der Waals surface area contributed by atoms with Gasteiger partial charge in [-0.25, -0.2) is 9.37 Å². The van der Waals surface area contributed by atoms with Gasteiger partial charge in [0.15, 0.2) is 0 Å². The van der Waals surface area contributed by atoms with Crippen LogP contribution in [-0.4, -0.2) is 16.9 Å². The van der Waals surface area contributed by atoms with Gasteiger partial charge in [-0.1, -0.05) is 12.1 Å². The maximum absolute atomic E-state index is 13.3. The number of nitrogens with one attached hydrogen (secondary N) is 1. The molecule has 0 aliphatic heterocycles. The van der Waals surface area contributed by atoms with Gasteiger partial charge in [-0.15, -0.1) is 24.8 Å². The number of halogens is 3. The molecule has 1 aromatic heterocycles. The van der Waals surface area contributed by atoms with Crippen LogP contribution in [0, 0.1) is 11.7 Å². The lowest BCUT2D eigenvalue weighted by molar-refractivity contribution is -0.125. The fourth-order valence-corrected chi connectivity index (χ4v) is 2.87. The molecule has 0 radical (unpaired) electrons. The summed E-state index contributed by atoms with van der Waals surface area (Å²) >= 11 is 0. The Bertz CT molecular complexity index is 733. The number of amides is 1. The quantitative estimate of drug-likeness (QED) is 0.801. The molecule has 0 bridgehead atoms. The van der Waals surface area contributed by atoms with Gasteiger partial charge in [0, 0.05) is 36.3 Å². The maximum atomic E-state index is 13.3. The van der Waals surface area contributed by atoms with Crippen LogP contribution in [0.15, 0.2) is 42.6 Å². The van der Waals surface area contributed by atoms with Crippen molar-refractivity contribution in [2.24, 2.45) is 11.7 Å². The Balaban J connectivity index is 0.00000169. The summed E-state index contributed by atoms with van der Waals surface area (Å²) in [7, 11) is 0. The van der Waals surface area contributed by atoms with E-state index in [2.05, 4.69) is 10.3 Å². The fourth-order valence-electron chi connectivity index (χ4n) is 2.87. The minimum Gasteiger partial charge on any atom is -0.439 e. The van der Waals surface area contributed by atoms with Crippen molar-refractivity contribution in [3.63, 3.8) is 0 Å². The number of nitrogens with two attached hydrogens (primary N) is 1. The highest BCUT2D eigenvalue weighted by molar-refractivity contribution is 5.85. The third-order valence-corrected chi connectivity index (χ3v) is 4.16. The first-order valence-corrected chi connectivity index (χ1v) is 8.02. The zero-order valence-corrected chi connectivity index (χ0v) is 15.7. The topological polar surface area (TPSA) is 77.2 Å². The average molecular weight is 402 g/mol. The highest BCUT2D eigenvalue weighted by Crippen LogP contribution is 2.25. The molecule has 1 heterocycles. The Morgan fingerprint density at radius 2 is 2.08 bits per heavy atom. The minimum atomic E-state index is -0.379. The van der Waals surface area contributed by atoms with Crippen LogP contribution in [0.25, 0.3) is 0 Å². The van der Waals surface area contributed by atoms with Crippen molar-refractivity contribution in [3.05, 3.63) is 54.0 Å². The summed E-state index contributed by atoms with van der Waals surface area (Å²) in [4.78, 5) is 16.4. The van der Waals surface area contributed by atoms with Crippen molar-refractivity contribution >= 4 is 30.7 Å². The Morgan fingerprint density at radius 3 is 2.77 bits per heavy atom. The zero-order valence-electron chi connectivity index (χ0n) is 14.1. The van der Waals surface area contributed by atoms with E-state index in [0.29, 0.717) is 18.2 Å². The lowest BCUT2D eigenvalue weighted by atomic mass is 10.1. The first-order valence-electron chi connectivity index (χ1n) is 8.02. The molecule has 3 N–H and O–H groups in total. The Hall–Kier alpha value is -1.89. The zero-order chi connectivity index (χ0) is 16.9. The Morgan fingerprint density at radius 1 is 1.27 bits per heavy atom. The van der Waals surface area contributed by atoms with Crippen molar-refractivity contribution in [2.75, 3.05) is 0 Å². The molecule has 0 saturated heterocycles. The van der Waals surface area contributed by atoms with Gasteiger partial charge in [-0.2, -0.15) is 0 Å². The number of ether oxygens (including phenoxy) is 1. The van der Waals surface area contributed by atoms with Gasteiger partial charge in [0.05, 0.1) is 0 Å². The van der Waals surface area contributed by atoms with Crippen LogP contribution in [-0.2, 0) is 11.3 Å². The van der Waals surface area contributed by atoms with Crippen LogP contribution >= 0.6 is 24.8 Å². The number of pyridine rings is 1. The number of hydrogen-bond donors (Lipinski definition) is 2. The van der Waals surface area contributed by atoms with Crippen LogP contribution in [0.2, 0.25) is 0 Å². The monoisotopic (exact) mass is 401 g/mol.